The molecule has 1 aromatic carbocycles. The van der Waals surface area contributed by atoms with Gasteiger partial charge in [0.1, 0.15) is 11.5 Å². The van der Waals surface area contributed by atoms with E-state index in [9.17, 15) is 4.79 Å². The summed E-state index contributed by atoms with van der Waals surface area (Å²) in [6.45, 7) is 2.60. The van der Waals surface area contributed by atoms with Gasteiger partial charge in [0.2, 0.25) is 5.91 Å². The fourth-order valence-corrected chi connectivity index (χ4v) is 1.84. The van der Waals surface area contributed by atoms with Gasteiger partial charge in [-0.3, -0.25) is 9.78 Å². The molecule has 5 nitrogen and oxygen atoms in total. The molecule has 0 fully saturated rings. The van der Waals surface area contributed by atoms with Gasteiger partial charge in [-0.1, -0.05) is 0 Å². The van der Waals surface area contributed by atoms with Gasteiger partial charge in [0.25, 0.3) is 0 Å². The number of hydrogen-bond acceptors (Lipinski definition) is 4. The van der Waals surface area contributed by atoms with Crippen LogP contribution in [-0.2, 0) is 4.79 Å². The van der Waals surface area contributed by atoms with Crippen molar-refractivity contribution in [3.05, 3.63) is 48.3 Å². The highest BCUT2D eigenvalue weighted by Crippen LogP contribution is 2.26. The Bertz CT molecular complexity index is 610. The zero-order chi connectivity index (χ0) is 15.1. The van der Waals surface area contributed by atoms with Crippen LogP contribution in [-0.4, -0.2) is 24.5 Å². The quantitative estimate of drug-likeness (QED) is 0.829. The van der Waals surface area contributed by atoms with Crippen molar-refractivity contribution >= 4 is 36.4 Å². The number of aryl methyl sites for hydroxylation is 1. The molecule has 126 valence electrons. The molecule has 1 aromatic heterocycles. The number of amides is 1. The number of benzene rings is 1. The molecule has 2 aromatic rings. The van der Waals surface area contributed by atoms with Gasteiger partial charge in [-0.25, -0.2) is 0 Å². The third-order valence-corrected chi connectivity index (χ3v) is 2.92. The van der Waals surface area contributed by atoms with Gasteiger partial charge in [-0.2, -0.15) is 0 Å². The van der Waals surface area contributed by atoms with Gasteiger partial charge < -0.3 is 15.4 Å². The van der Waals surface area contributed by atoms with Gasteiger partial charge >= 0.3 is 0 Å². The van der Waals surface area contributed by atoms with Gasteiger partial charge in [0.15, 0.2) is 0 Å². The number of nitrogens with one attached hydrogen (secondary N) is 2. The van der Waals surface area contributed by atoms with E-state index < -0.39 is 0 Å². The van der Waals surface area contributed by atoms with Crippen molar-refractivity contribution in [3.8, 4) is 11.5 Å². The lowest BCUT2D eigenvalue weighted by molar-refractivity contribution is -0.116. The fraction of sp³-hybridized carbons (Fsp3) is 0.250. The van der Waals surface area contributed by atoms with Crippen LogP contribution in [0.25, 0.3) is 0 Å². The molecular weight excluding hydrogens is 337 g/mol. The Morgan fingerprint density at radius 1 is 1.26 bits per heavy atom. The maximum atomic E-state index is 11.7. The van der Waals surface area contributed by atoms with Crippen LogP contribution in [0, 0.1) is 6.92 Å². The Morgan fingerprint density at radius 3 is 2.65 bits per heavy atom. The van der Waals surface area contributed by atoms with Crippen LogP contribution in [0.1, 0.15) is 12.0 Å². The summed E-state index contributed by atoms with van der Waals surface area (Å²) < 4.78 is 5.75. The standard InChI is InChI=1S/C16H19N3O2.2ClH/c1-12-10-13(19-16(20)7-9-17-2)5-6-15(12)21-14-4-3-8-18-11-14;;/h3-6,8,10-11,17H,7,9H2,1-2H3,(H,19,20);2*1H. The van der Waals surface area contributed by atoms with Gasteiger partial charge in [-0.05, 0) is 49.9 Å². The molecule has 0 bridgehead atoms. The molecule has 2 rings (SSSR count). The average molecular weight is 358 g/mol. The Kier molecular flexibility index (Phi) is 9.97. The first-order valence-corrected chi connectivity index (χ1v) is 6.82. The number of aromatic nitrogens is 1. The number of carbonyl (C=O) groups excluding carboxylic acids is 1. The Morgan fingerprint density at radius 2 is 2.04 bits per heavy atom. The molecule has 0 saturated heterocycles. The van der Waals surface area contributed by atoms with E-state index in [1.807, 2.05) is 44.3 Å². The van der Waals surface area contributed by atoms with Crippen LogP contribution in [0.4, 0.5) is 5.69 Å². The van der Waals surface area contributed by atoms with E-state index in [1.54, 1.807) is 12.4 Å². The van der Waals surface area contributed by atoms with E-state index >= 15 is 0 Å². The number of pyridine rings is 1. The Balaban J connectivity index is 0.00000242. The van der Waals surface area contributed by atoms with Crippen LogP contribution in [0.5, 0.6) is 11.5 Å². The molecule has 0 unspecified atom stereocenters. The molecule has 0 aliphatic rings. The maximum absolute atomic E-state index is 11.7. The maximum Gasteiger partial charge on any atom is 0.225 e. The van der Waals surface area contributed by atoms with E-state index in [1.165, 1.54) is 0 Å². The highest BCUT2D eigenvalue weighted by atomic mass is 35.5. The molecule has 7 heteroatoms. The number of hydrogen-bond donors (Lipinski definition) is 2. The van der Waals surface area contributed by atoms with Crippen molar-refractivity contribution in [3.63, 3.8) is 0 Å². The summed E-state index contributed by atoms with van der Waals surface area (Å²) in [5, 5.41) is 5.81. The van der Waals surface area contributed by atoms with Crippen LogP contribution in [0.3, 0.4) is 0 Å². The van der Waals surface area contributed by atoms with Crippen molar-refractivity contribution in [1.82, 2.24) is 10.3 Å². The van der Waals surface area contributed by atoms with Crippen molar-refractivity contribution < 1.29 is 9.53 Å². The van der Waals surface area contributed by atoms with Crippen molar-refractivity contribution in [1.29, 1.82) is 0 Å². The molecule has 0 aliphatic heterocycles. The number of ether oxygens (including phenoxy) is 1. The lowest BCUT2D eigenvalue weighted by atomic mass is 10.2. The third kappa shape index (κ3) is 6.86. The predicted octanol–water partition coefficient (Wildman–Crippen LogP) is 3.57. The second-order valence-electron chi connectivity index (χ2n) is 4.67. The number of rotatable bonds is 6. The fourth-order valence-electron chi connectivity index (χ4n) is 1.84. The van der Waals surface area contributed by atoms with E-state index in [0.29, 0.717) is 18.7 Å². The Hall–Kier alpha value is -1.82. The average Bonchev–Trinajstić information content (AvgIpc) is 2.49. The topological polar surface area (TPSA) is 63.2 Å². The summed E-state index contributed by atoms with van der Waals surface area (Å²) in [7, 11) is 1.82. The van der Waals surface area contributed by atoms with Crippen LogP contribution in [0.2, 0.25) is 0 Å². The summed E-state index contributed by atoms with van der Waals surface area (Å²) in [6.07, 6.45) is 3.81. The second-order valence-corrected chi connectivity index (χ2v) is 4.67. The normalized spacial score (nSPS) is 9.30. The molecular formula is C16H21Cl2N3O2. The summed E-state index contributed by atoms with van der Waals surface area (Å²) in [5.41, 5.74) is 1.72. The SMILES string of the molecule is CNCCC(=O)Nc1ccc(Oc2cccnc2)c(C)c1.Cl.Cl. The lowest BCUT2D eigenvalue weighted by Crippen LogP contribution is -2.18. The third-order valence-electron chi connectivity index (χ3n) is 2.92. The molecule has 2 N–H and O–H groups in total. The molecule has 1 heterocycles. The minimum Gasteiger partial charge on any atom is -0.455 e. The number of nitrogens with zero attached hydrogens (tertiary/aromatic N) is 1. The first-order valence-electron chi connectivity index (χ1n) is 6.82. The number of halogens is 2. The summed E-state index contributed by atoms with van der Waals surface area (Å²) in [4.78, 5) is 15.7. The van der Waals surface area contributed by atoms with Crippen molar-refractivity contribution in [2.45, 2.75) is 13.3 Å². The molecule has 0 aliphatic carbocycles. The highest BCUT2D eigenvalue weighted by molar-refractivity contribution is 5.91. The van der Waals surface area contributed by atoms with Gasteiger partial charge in [0.05, 0.1) is 6.20 Å². The highest BCUT2D eigenvalue weighted by Gasteiger charge is 2.05. The zero-order valence-electron chi connectivity index (χ0n) is 13.0. The molecule has 0 atom stereocenters. The smallest absolute Gasteiger partial charge is 0.225 e. The molecule has 0 radical (unpaired) electrons. The first-order chi connectivity index (χ1) is 10.2. The van der Waals surface area contributed by atoms with Crippen molar-refractivity contribution in [2.75, 3.05) is 18.9 Å². The molecule has 0 spiro atoms. The van der Waals surface area contributed by atoms with E-state index in [0.717, 1.165) is 17.0 Å². The monoisotopic (exact) mass is 357 g/mol. The number of anilines is 1. The largest absolute Gasteiger partial charge is 0.455 e. The van der Waals surface area contributed by atoms with Crippen LogP contribution < -0.4 is 15.4 Å². The van der Waals surface area contributed by atoms with E-state index in [2.05, 4.69) is 15.6 Å². The van der Waals surface area contributed by atoms with E-state index in [4.69, 9.17) is 4.74 Å². The summed E-state index contributed by atoms with van der Waals surface area (Å²) >= 11 is 0. The molecule has 1 amide bonds. The molecule has 0 saturated carbocycles. The Labute approximate surface area is 148 Å². The van der Waals surface area contributed by atoms with Crippen LogP contribution >= 0.6 is 24.8 Å². The first kappa shape index (κ1) is 21.2. The zero-order valence-corrected chi connectivity index (χ0v) is 14.7. The minimum atomic E-state index is -0.00956. The van der Waals surface area contributed by atoms with Gasteiger partial charge in [-0.15, -0.1) is 24.8 Å². The van der Waals surface area contributed by atoms with Crippen LogP contribution in [0.15, 0.2) is 42.7 Å². The minimum absolute atomic E-state index is 0. The summed E-state index contributed by atoms with van der Waals surface area (Å²) in [6, 6.07) is 9.23. The van der Waals surface area contributed by atoms with E-state index in [-0.39, 0.29) is 30.7 Å². The lowest BCUT2D eigenvalue weighted by Gasteiger charge is -2.11. The van der Waals surface area contributed by atoms with Crippen molar-refractivity contribution in [2.24, 2.45) is 0 Å². The number of carbonyl (C=O) groups is 1. The predicted molar refractivity (Wildman–Crippen MR) is 97.2 cm³/mol. The molecule has 23 heavy (non-hydrogen) atoms. The second kappa shape index (κ2) is 10.8. The van der Waals surface area contributed by atoms with Gasteiger partial charge in [0, 0.05) is 24.8 Å². The summed E-state index contributed by atoms with van der Waals surface area (Å²) in [5.74, 6) is 1.42.